The van der Waals surface area contributed by atoms with Crippen molar-refractivity contribution in [3.63, 3.8) is 0 Å². The second kappa shape index (κ2) is 7.26. The number of hydrogen-bond donors (Lipinski definition) is 0. The van der Waals surface area contributed by atoms with Crippen LogP contribution in [0.4, 0.5) is 0 Å². The lowest BCUT2D eigenvalue weighted by Gasteiger charge is -2.13. The number of nitrogens with zero attached hydrogens (tertiary/aromatic N) is 2. The van der Waals surface area contributed by atoms with Crippen LogP contribution in [0.1, 0.15) is 0 Å². The number of fused-ring (bicyclic) bond motifs is 3. The smallest absolute Gasteiger partial charge is 0.137 e. The Hall–Kier alpha value is -4.17. The van der Waals surface area contributed by atoms with Crippen molar-refractivity contribution in [1.82, 2.24) is 9.55 Å². The van der Waals surface area contributed by atoms with Gasteiger partial charge in [-0.3, -0.25) is 4.57 Å². The van der Waals surface area contributed by atoms with Crippen LogP contribution in [0.15, 0.2) is 121 Å². The van der Waals surface area contributed by atoms with E-state index in [0.29, 0.717) is 0 Å². The van der Waals surface area contributed by atoms with Gasteiger partial charge in [0.25, 0.3) is 0 Å². The Morgan fingerprint density at radius 1 is 0.516 bits per heavy atom. The lowest BCUT2D eigenvalue weighted by Crippen LogP contribution is -2.00. The van der Waals surface area contributed by atoms with E-state index in [0.717, 1.165) is 11.5 Å². The zero-order valence-corrected chi connectivity index (χ0v) is 16.9. The van der Waals surface area contributed by atoms with Crippen LogP contribution in [0.5, 0.6) is 0 Å². The van der Waals surface area contributed by atoms with Crippen molar-refractivity contribution in [2.24, 2.45) is 0 Å². The molecule has 6 aromatic rings. The molecule has 146 valence electrons. The highest BCUT2D eigenvalue weighted by atomic mass is 15.1. The highest BCUT2D eigenvalue weighted by Gasteiger charge is 2.22. The molecule has 0 saturated carbocycles. The molecule has 0 amide bonds. The second-order valence-corrected chi connectivity index (χ2v) is 7.66. The van der Waals surface area contributed by atoms with Crippen molar-refractivity contribution in [3.8, 4) is 28.2 Å². The van der Waals surface area contributed by atoms with E-state index in [4.69, 9.17) is 4.98 Å². The van der Waals surface area contributed by atoms with Crippen molar-refractivity contribution in [3.05, 3.63) is 121 Å². The molecule has 6 rings (SSSR count). The van der Waals surface area contributed by atoms with Gasteiger partial charge in [0.05, 0.1) is 11.2 Å². The monoisotopic (exact) mass is 396 g/mol. The molecule has 2 heterocycles. The van der Waals surface area contributed by atoms with E-state index in [1.807, 2.05) is 12.3 Å². The number of rotatable bonds is 3. The maximum absolute atomic E-state index is 4.76. The summed E-state index contributed by atoms with van der Waals surface area (Å²) in [6.45, 7) is 0. The molecule has 0 aliphatic rings. The van der Waals surface area contributed by atoms with Crippen LogP contribution in [-0.4, -0.2) is 9.55 Å². The van der Waals surface area contributed by atoms with Crippen molar-refractivity contribution in [1.29, 1.82) is 0 Å². The Labute approximate surface area is 181 Å². The lowest BCUT2D eigenvalue weighted by atomic mass is 9.97. The molecule has 0 aliphatic heterocycles. The topological polar surface area (TPSA) is 17.8 Å². The zero-order valence-electron chi connectivity index (χ0n) is 16.9. The standard InChI is InChI=1S/C29H20N2/c1-3-12-22(13-4-1)27-25-19-18-21-11-7-8-16-24(21)29(25)31(26-17-9-10-20-30-26)28(27)23-14-5-2-6-15-23/h1-20H. The van der Waals surface area contributed by atoms with Gasteiger partial charge in [0.1, 0.15) is 5.82 Å². The Morgan fingerprint density at radius 3 is 1.94 bits per heavy atom. The van der Waals surface area contributed by atoms with E-state index < -0.39 is 0 Å². The summed E-state index contributed by atoms with van der Waals surface area (Å²) in [7, 11) is 0. The van der Waals surface area contributed by atoms with E-state index in [9.17, 15) is 0 Å². The van der Waals surface area contributed by atoms with Gasteiger partial charge in [0, 0.05) is 22.5 Å². The van der Waals surface area contributed by atoms with E-state index >= 15 is 0 Å². The van der Waals surface area contributed by atoms with Gasteiger partial charge in [0.15, 0.2) is 0 Å². The van der Waals surface area contributed by atoms with Crippen LogP contribution in [-0.2, 0) is 0 Å². The summed E-state index contributed by atoms with van der Waals surface area (Å²) in [5.74, 6) is 0.921. The molecule has 2 aromatic heterocycles. The van der Waals surface area contributed by atoms with Crippen LogP contribution < -0.4 is 0 Å². The third kappa shape index (κ3) is 2.84. The molecule has 0 aliphatic carbocycles. The fraction of sp³-hybridized carbons (Fsp3) is 0. The predicted molar refractivity (Wildman–Crippen MR) is 129 cm³/mol. The minimum absolute atomic E-state index is 0.921. The van der Waals surface area contributed by atoms with Crippen LogP contribution in [0.25, 0.3) is 49.9 Å². The molecular weight excluding hydrogens is 376 g/mol. The van der Waals surface area contributed by atoms with Crippen LogP contribution >= 0.6 is 0 Å². The van der Waals surface area contributed by atoms with Gasteiger partial charge in [-0.1, -0.05) is 103 Å². The van der Waals surface area contributed by atoms with Crippen molar-refractivity contribution >= 4 is 21.7 Å². The summed E-state index contributed by atoms with van der Waals surface area (Å²) < 4.78 is 2.33. The van der Waals surface area contributed by atoms with E-state index in [1.54, 1.807) is 0 Å². The molecular formula is C29H20N2. The third-order valence-corrected chi connectivity index (χ3v) is 5.84. The molecule has 0 saturated heterocycles. The molecule has 2 nitrogen and oxygen atoms in total. The summed E-state index contributed by atoms with van der Waals surface area (Å²) in [6.07, 6.45) is 1.86. The minimum atomic E-state index is 0.921. The molecule has 0 N–H and O–H groups in total. The molecule has 2 heteroatoms. The zero-order chi connectivity index (χ0) is 20.6. The molecule has 0 unspecified atom stereocenters. The maximum Gasteiger partial charge on any atom is 0.137 e. The van der Waals surface area contributed by atoms with Gasteiger partial charge in [-0.2, -0.15) is 0 Å². The minimum Gasteiger partial charge on any atom is -0.293 e. The fourth-order valence-electron chi connectivity index (χ4n) is 4.53. The normalized spacial score (nSPS) is 11.2. The van der Waals surface area contributed by atoms with E-state index in [2.05, 4.69) is 114 Å². The van der Waals surface area contributed by atoms with Gasteiger partial charge >= 0.3 is 0 Å². The first kappa shape index (κ1) is 17.7. The van der Waals surface area contributed by atoms with Crippen LogP contribution in [0.2, 0.25) is 0 Å². The quantitative estimate of drug-likeness (QED) is 0.303. The molecule has 0 bridgehead atoms. The Kier molecular flexibility index (Phi) is 4.14. The van der Waals surface area contributed by atoms with Gasteiger partial charge < -0.3 is 0 Å². The highest BCUT2D eigenvalue weighted by molar-refractivity contribution is 6.15. The summed E-state index contributed by atoms with van der Waals surface area (Å²) in [5.41, 5.74) is 5.97. The SMILES string of the molecule is c1ccc(-c2c(-c3ccccc3)n(-c3ccccn3)c3c2ccc2ccccc23)cc1. The van der Waals surface area contributed by atoms with Crippen molar-refractivity contribution < 1.29 is 0 Å². The number of pyridine rings is 1. The third-order valence-electron chi connectivity index (χ3n) is 5.84. The van der Waals surface area contributed by atoms with Gasteiger partial charge in [0.2, 0.25) is 0 Å². The summed E-state index contributed by atoms with van der Waals surface area (Å²) >= 11 is 0. The average molecular weight is 396 g/mol. The van der Waals surface area contributed by atoms with Gasteiger partial charge in [-0.05, 0) is 28.6 Å². The molecule has 31 heavy (non-hydrogen) atoms. The fourth-order valence-corrected chi connectivity index (χ4v) is 4.53. The lowest BCUT2D eigenvalue weighted by molar-refractivity contribution is 1.05. The number of benzene rings is 4. The predicted octanol–water partition coefficient (Wildman–Crippen LogP) is 7.51. The van der Waals surface area contributed by atoms with Gasteiger partial charge in [-0.15, -0.1) is 0 Å². The maximum atomic E-state index is 4.76. The number of hydrogen-bond acceptors (Lipinski definition) is 1. The van der Waals surface area contributed by atoms with Crippen LogP contribution in [0.3, 0.4) is 0 Å². The molecule has 0 radical (unpaired) electrons. The summed E-state index contributed by atoms with van der Waals surface area (Å²) in [5, 5.41) is 3.68. The molecule has 0 spiro atoms. The van der Waals surface area contributed by atoms with Crippen LogP contribution in [0, 0.1) is 0 Å². The summed E-state index contributed by atoms with van der Waals surface area (Å²) in [4.78, 5) is 4.76. The first-order valence-electron chi connectivity index (χ1n) is 10.5. The first-order chi connectivity index (χ1) is 15.4. The molecule has 0 fully saturated rings. The average Bonchev–Trinajstić information content (AvgIpc) is 3.21. The van der Waals surface area contributed by atoms with E-state index in [-0.39, 0.29) is 0 Å². The van der Waals surface area contributed by atoms with Gasteiger partial charge in [-0.25, -0.2) is 4.98 Å². The number of aromatic nitrogens is 2. The molecule has 4 aromatic carbocycles. The first-order valence-corrected chi connectivity index (χ1v) is 10.5. The summed E-state index contributed by atoms with van der Waals surface area (Å²) in [6, 6.07) is 40.5. The van der Waals surface area contributed by atoms with Crippen molar-refractivity contribution in [2.45, 2.75) is 0 Å². The Balaban J connectivity index is 1.88. The van der Waals surface area contributed by atoms with E-state index in [1.165, 1.54) is 38.4 Å². The Morgan fingerprint density at radius 2 is 1.19 bits per heavy atom. The molecule has 0 atom stereocenters. The second-order valence-electron chi connectivity index (χ2n) is 7.66. The Bertz CT molecular complexity index is 1500. The largest absolute Gasteiger partial charge is 0.293 e. The highest BCUT2D eigenvalue weighted by Crippen LogP contribution is 2.44. The van der Waals surface area contributed by atoms with Crippen molar-refractivity contribution in [2.75, 3.05) is 0 Å².